The zero-order chi connectivity index (χ0) is 14.8. The van der Waals surface area contributed by atoms with E-state index in [1.165, 1.54) is 5.57 Å². The molecule has 0 amide bonds. The zero-order valence-electron chi connectivity index (χ0n) is 12.8. The van der Waals surface area contributed by atoms with Gasteiger partial charge in [0.25, 0.3) is 6.34 Å². The molecule has 0 aromatic rings. The first kappa shape index (κ1) is 16.2. The van der Waals surface area contributed by atoms with Crippen molar-refractivity contribution in [3.05, 3.63) is 48.1 Å². The van der Waals surface area contributed by atoms with Crippen LogP contribution in [0.3, 0.4) is 0 Å². The minimum Gasteiger partial charge on any atom is -0.366 e. The highest BCUT2D eigenvalue weighted by atomic mass is 15.0. The van der Waals surface area contributed by atoms with E-state index in [2.05, 4.69) is 49.2 Å². The van der Waals surface area contributed by atoms with E-state index in [1.807, 2.05) is 30.1 Å². The van der Waals surface area contributed by atoms with Crippen LogP contribution < -0.4 is 5.73 Å². The van der Waals surface area contributed by atoms with Crippen molar-refractivity contribution < 1.29 is 4.58 Å². The first-order chi connectivity index (χ1) is 9.67. The fourth-order valence-electron chi connectivity index (χ4n) is 1.90. The highest BCUT2D eigenvalue weighted by molar-refractivity contribution is 5.90. The first-order valence-electron chi connectivity index (χ1n) is 7.19. The summed E-state index contributed by atoms with van der Waals surface area (Å²) < 4.78 is 2.05. The second-order valence-corrected chi connectivity index (χ2v) is 4.91. The molecule has 0 radical (unpaired) electrons. The van der Waals surface area contributed by atoms with Gasteiger partial charge in [0.2, 0.25) is 5.84 Å². The van der Waals surface area contributed by atoms with Gasteiger partial charge in [-0.1, -0.05) is 49.5 Å². The minimum atomic E-state index is 0.228. The summed E-state index contributed by atoms with van der Waals surface area (Å²) in [6, 6.07) is 0. The fourth-order valence-corrected chi connectivity index (χ4v) is 1.90. The number of hydrogen-bond acceptors (Lipinski definition) is 0. The summed E-state index contributed by atoms with van der Waals surface area (Å²) >= 11 is 0. The van der Waals surface area contributed by atoms with Gasteiger partial charge in [-0.25, -0.2) is 0 Å². The molecule has 0 saturated carbocycles. The lowest BCUT2D eigenvalue weighted by molar-refractivity contribution is -0.483. The number of aliphatic imine (C=N–C) groups is 1. The molecule has 1 rings (SSSR count). The van der Waals surface area contributed by atoms with Crippen LogP contribution >= 0.6 is 0 Å². The molecule has 1 aliphatic rings. The fraction of sp³-hybridized carbons (Fsp3) is 0.412. The van der Waals surface area contributed by atoms with Crippen molar-refractivity contribution in [3.63, 3.8) is 0 Å². The number of amidine groups is 1. The number of allylic oxidation sites excluding steroid dienone is 5. The Hall–Kier alpha value is -1.90. The Balaban J connectivity index is 2.62. The van der Waals surface area contributed by atoms with Crippen molar-refractivity contribution >= 4 is 12.2 Å². The predicted molar refractivity (Wildman–Crippen MR) is 88.3 cm³/mol. The second kappa shape index (κ2) is 9.08. The number of nitrogens with zero attached hydrogens (tertiary/aromatic N) is 2. The van der Waals surface area contributed by atoms with Gasteiger partial charge in [0, 0.05) is 0 Å². The molecule has 0 aromatic heterocycles. The van der Waals surface area contributed by atoms with Crippen molar-refractivity contribution in [2.24, 2.45) is 16.6 Å². The van der Waals surface area contributed by atoms with E-state index >= 15 is 0 Å². The topological polar surface area (TPSA) is 41.4 Å². The second-order valence-electron chi connectivity index (χ2n) is 4.91. The van der Waals surface area contributed by atoms with E-state index in [0.717, 1.165) is 19.4 Å². The van der Waals surface area contributed by atoms with Crippen LogP contribution in [0.25, 0.3) is 0 Å². The molecular weight excluding hydrogens is 246 g/mol. The van der Waals surface area contributed by atoms with Gasteiger partial charge in [0.05, 0.1) is 13.0 Å². The summed E-state index contributed by atoms with van der Waals surface area (Å²) in [7, 11) is 2.01. The molecule has 3 nitrogen and oxygen atoms in total. The average Bonchev–Trinajstić information content (AvgIpc) is 2.49. The summed E-state index contributed by atoms with van der Waals surface area (Å²) in [6.07, 6.45) is 18.5. The summed E-state index contributed by atoms with van der Waals surface area (Å²) in [5.41, 5.74) is 7.30. The Morgan fingerprint density at radius 2 is 2.25 bits per heavy atom. The molecule has 1 aliphatic carbocycles. The van der Waals surface area contributed by atoms with Crippen LogP contribution in [-0.4, -0.2) is 30.3 Å². The first-order valence-corrected chi connectivity index (χ1v) is 7.19. The Labute approximate surface area is 122 Å². The van der Waals surface area contributed by atoms with Gasteiger partial charge < -0.3 is 5.73 Å². The Morgan fingerprint density at radius 1 is 1.45 bits per heavy atom. The number of rotatable bonds is 6. The van der Waals surface area contributed by atoms with Crippen LogP contribution in [0.5, 0.6) is 0 Å². The predicted octanol–water partition coefficient (Wildman–Crippen LogP) is 3.06. The normalized spacial score (nSPS) is 20.9. The highest BCUT2D eigenvalue weighted by Crippen LogP contribution is 2.10. The van der Waals surface area contributed by atoms with Gasteiger partial charge in [-0.15, -0.1) is 0 Å². The van der Waals surface area contributed by atoms with Crippen LogP contribution in [0.1, 0.15) is 26.7 Å². The monoisotopic (exact) mass is 272 g/mol. The molecule has 1 atom stereocenters. The number of hydrogen-bond donors (Lipinski definition) is 1. The third-order valence-electron chi connectivity index (χ3n) is 3.13. The van der Waals surface area contributed by atoms with Crippen molar-refractivity contribution in [2.75, 3.05) is 13.6 Å². The lowest BCUT2D eigenvalue weighted by Crippen LogP contribution is -2.23. The summed E-state index contributed by atoms with van der Waals surface area (Å²) in [4.78, 5) is 4.37. The smallest absolute Gasteiger partial charge is 0.283 e. The lowest BCUT2D eigenvalue weighted by atomic mass is 10.0. The molecule has 0 spiro atoms. The summed E-state index contributed by atoms with van der Waals surface area (Å²) in [6.45, 7) is 5.03. The molecule has 0 aliphatic heterocycles. The minimum absolute atomic E-state index is 0.228. The van der Waals surface area contributed by atoms with Crippen molar-refractivity contribution in [2.45, 2.75) is 26.7 Å². The Morgan fingerprint density at radius 3 is 2.85 bits per heavy atom. The quantitative estimate of drug-likeness (QED) is 0.343. The van der Waals surface area contributed by atoms with E-state index in [9.17, 15) is 0 Å². The van der Waals surface area contributed by atoms with E-state index in [-0.39, 0.29) is 5.92 Å². The third-order valence-corrected chi connectivity index (χ3v) is 3.13. The molecule has 0 aromatic carbocycles. The molecule has 20 heavy (non-hydrogen) atoms. The molecule has 0 fully saturated rings. The van der Waals surface area contributed by atoms with Gasteiger partial charge in [-0.2, -0.15) is 0 Å². The molecule has 2 N–H and O–H groups in total. The van der Waals surface area contributed by atoms with Crippen molar-refractivity contribution in [1.29, 1.82) is 0 Å². The van der Waals surface area contributed by atoms with Gasteiger partial charge in [0.1, 0.15) is 6.54 Å². The van der Waals surface area contributed by atoms with Gasteiger partial charge in [-0.3, -0.25) is 4.58 Å². The number of likely N-dealkylation sites (N-methyl/N-ethyl adjacent to an activating group) is 1. The van der Waals surface area contributed by atoms with E-state index in [4.69, 9.17) is 5.73 Å². The van der Waals surface area contributed by atoms with Crippen LogP contribution in [0.15, 0.2) is 53.1 Å². The standard InChI is InChI=1S/C17H25N3/c1-4-6-10-15(5-2)13-20(3)14-19-17(18)16-11-8-7-9-12-16/h5-11,14,16,18H,4,12-13H2,1-3H3/p+1. The molecule has 0 saturated heterocycles. The summed E-state index contributed by atoms with van der Waals surface area (Å²) in [5.74, 6) is 0.898. The van der Waals surface area contributed by atoms with E-state index in [0.29, 0.717) is 5.84 Å². The average molecular weight is 272 g/mol. The lowest BCUT2D eigenvalue weighted by Gasteiger charge is -2.07. The maximum absolute atomic E-state index is 6.02. The van der Waals surface area contributed by atoms with Gasteiger partial charge in [-0.05, 0) is 30.3 Å². The van der Waals surface area contributed by atoms with Crippen LogP contribution in [0.4, 0.5) is 0 Å². The zero-order valence-corrected chi connectivity index (χ0v) is 12.8. The number of nitrogens with two attached hydrogens (primary N) is 1. The van der Waals surface area contributed by atoms with Gasteiger partial charge >= 0.3 is 0 Å². The summed E-state index contributed by atoms with van der Waals surface area (Å²) in [5, 5.41) is 0. The largest absolute Gasteiger partial charge is 0.366 e. The maximum atomic E-state index is 6.02. The maximum Gasteiger partial charge on any atom is 0.283 e. The SMILES string of the molecule is CC=C(C=CCC)C[N+](C)=CN=C(N)C1C=CC=CC1. The molecule has 108 valence electrons. The Bertz CT molecular complexity index is 476. The van der Waals surface area contributed by atoms with Crippen LogP contribution in [0.2, 0.25) is 0 Å². The molecule has 3 heteroatoms. The van der Waals surface area contributed by atoms with Crippen LogP contribution in [-0.2, 0) is 0 Å². The third kappa shape index (κ3) is 5.83. The van der Waals surface area contributed by atoms with E-state index in [1.54, 1.807) is 0 Å². The van der Waals surface area contributed by atoms with E-state index < -0.39 is 0 Å². The van der Waals surface area contributed by atoms with Gasteiger partial charge in [0.15, 0.2) is 0 Å². The molecular formula is C17H26N3+. The molecule has 0 bridgehead atoms. The molecule has 0 heterocycles. The highest BCUT2D eigenvalue weighted by Gasteiger charge is 2.13. The van der Waals surface area contributed by atoms with Crippen molar-refractivity contribution in [1.82, 2.24) is 0 Å². The Kier molecular flexibility index (Phi) is 7.33. The van der Waals surface area contributed by atoms with Crippen molar-refractivity contribution in [3.8, 4) is 0 Å². The molecule has 1 unspecified atom stereocenters. The van der Waals surface area contributed by atoms with Crippen LogP contribution in [0, 0.1) is 5.92 Å².